The number of rotatable bonds is 9. The lowest BCUT2D eigenvalue weighted by Crippen LogP contribution is -2.43. The van der Waals surface area contributed by atoms with Crippen LogP contribution in [-0.4, -0.2) is 25.0 Å². The molecule has 2 N–H and O–H groups in total. The molecule has 0 bridgehead atoms. The molecule has 28 heavy (non-hydrogen) atoms. The Labute approximate surface area is 166 Å². The van der Waals surface area contributed by atoms with E-state index in [4.69, 9.17) is 9.47 Å². The molecule has 6 nitrogen and oxygen atoms in total. The summed E-state index contributed by atoms with van der Waals surface area (Å²) in [6.45, 7) is 6.52. The number of hydrazine groups is 1. The SMILES string of the molecule is CCCCCOc1ccc(C(=O)NNC(=O)COc2ccc(C)cc2C)cc1. The van der Waals surface area contributed by atoms with Crippen molar-refractivity contribution >= 4 is 11.8 Å². The van der Waals surface area contributed by atoms with Crippen molar-refractivity contribution in [2.24, 2.45) is 0 Å². The predicted octanol–water partition coefficient (Wildman–Crippen LogP) is 3.71. The quantitative estimate of drug-likeness (QED) is 0.510. The van der Waals surface area contributed by atoms with Crippen LogP contribution >= 0.6 is 0 Å². The van der Waals surface area contributed by atoms with E-state index in [0.29, 0.717) is 17.9 Å². The molecule has 0 aromatic heterocycles. The molecule has 0 spiro atoms. The predicted molar refractivity (Wildman–Crippen MR) is 108 cm³/mol. The van der Waals surface area contributed by atoms with E-state index >= 15 is 0 Å². The maximum Gasteiger partial charge on any atom is 0.276 e. The number of hydrogen-bond donors (Lipinski definition) is 2. The molecule has 0 atom stereocenters. The smallest absolute Gasteiger partial charge is 0.276 e. The minimum atomic E-state index is -0.441. The first kappa shape index (κ1) is 21.3. The van der Waals surface area contributed by atoms with Crippen LogP contribution in [0.4, 0.5) is 0 Å². The molecule has 0 aliphatic heterocycles. The fraction of sp³-hybridized carbons (Fsp3) is 0.364. The Balaban J connectivity index is 1.74. The first-order chi connectivity index (χ1) is 13.5. The maximum absolute atomic E-state index is 12.1. The van der Waals surface area contributed by atoms with Crippen molar-refractivity contribution in [3.8, 4) is 11.5 Å². The van der Waals surface area contributed by atoms with Gasteiger partial charge >= 0.3 is 0 Å². The minimum absolute atomic E-state index is 0.186. The number of nitrogens with one attached hydrogen (secondary N) is 2. The van der Waals surface area contributed by atoms with Crippen molar-refractivity contribution in [1.29, 1.82) is 0 Å². The van der Waals surface area contributed by atoms with Gasteiger partial charge in [-0.15, -0.1) is 0 Å². The largest absolute Gasteiger partial charge is 0.494 e. The molecule has 2 amide bonds. The third-order valence-corrected chi connectivity index (χ3v) is 4.14. The zero-order valence-corrected chi connectivity index (χ0v) is 16.7. The maximum atomic E-state index is 12.1. The number of benzene rings is 2. The molecular formula is C22H28N2O4. The molecule has 2 rings (SSSR count). The average molecular weight is 384 g/mol. The van der Waals surface area contributed by atoms with E-state index < -0.39 is 11.8 Å². The van der Waals surface area contributed by atoms with Gasteiger partial charge in [0.1, 0.15) is 11.5 Å². The van der Waals surface area contributed by atoms with Crippen molar-refractivity contribution in [2.45, 2.75) is 40.0 Å². The molecule has 0 radical (unpaired) electrons. The van der Waals surface area contributed by atoms with Crippen LogP contribution in [0.25, 0.3) is 0 Å². The van der Waals surface area contributed by atoms with Crippen molar-refractivity contribution in [3.63, 3.8) is 0 Å². The second kappa shape index (κ2) is 11.0. The molecule has 0 aliphatic carbocycles. The highest BCUT2D eigenvalue weighted by atomic mass is 16.5. The Morgan fingerprint density at radius 2 is 1.68 bits per heavy atom. The normalized spacial score (nSPS) is 10.2. The third-order valence-electron chi connectivity index (χ3n) is 4.14. The lowest BCUT2D eigenvalue weighted by Gasteiger charge is -2.11. The van der Waals surface area contributed by atoms with Gasteiger partial charge in [-0.3, -0.25) is 20.4 Å². The highest BCUT2D eigenvalue weighted by molar-refractivity contribution is 5.95. The number of hydrogen-bond acceptors (Lipinski definition) is 4. The van der Waals surface area contributed by atoms with E-state index in [1.165, 1.54) is 0 Å². The van der Waals surface area contributed by atoms with E-state index in [-0.39, 0.29) is 6.61 Å². The number of unbranched alkanes of at least 4 members (excludes halogenated alkanes) is 2. The molecular weight excluding hydrogens is 356 g/mol. The molecule has 150 valence electrons. The fourth-order valence-electron chi connectivity index (χ4n) is 2.58. The molecule has 0 saturated carbocycles. The monoisotopic (exact) mass is 384 g/mol. The first-order valence-electron chi connectivity index (χ1n) is 9.51. The molecule has 0 unspecified atom stereocenters. The van der Waals surface area contributed by atoms with Crippen molar-refractivity contribution < 1.29 is 19.1 Å². The van der Waals surface area contributed by atoms with E-state index in [1.807, 2.05) is 32.0 Å². The molecule has 0 heterocycles. The van der Waals surface area contributed by atoms with Crippen LogP contribution in [0, 0.1) is 13.8 Å². The second-order valence-electron chi connectivity index (χ2n) is 6.64. The van der Waals surface area contributed by atoms with Crippen LogP contribution in [0.15, 0.2) is 42.5 Å². The van der Waals surface area contributed by atoms with Crippen molar-refractivity contribution in [2.75, 3.05) is 13.2 Å². The summed E-state index contributed by atoms with van der Waals surface area (Å²) in [4.78, 5) is 24.0. The fourth-order valence-corrected chi connectivity index (χ4v) is 2.58. The molecule has 0 saturated heterocycles. The summed E-state index contributed by atoms with van der Waals surface area (Å²) in [6, 6.07) is 12.5. The van der Waals surface area contributed by atoms with Gasteiger partial charge in [0.05, 0.1) is 6.61 Å². The van der Waals surface area contributed by atoms with Gasteiger partial charge in [0.25, 0.3) is 11.8 Å². The van der Waals surface area contributed by atoms with Gasteiger partial charge in [-0.25, -0.2) is 0 Å². The third kappa shape index (κ3) is 6.95. The Bertz CT molecular complexity index is 788. The number of carbonyl (C=O) groups excluding carboxylic acids is 2. The van der Waals surface area contributed by atoms with E-state index in [2.05, 4.69) is 17.8 Å². The summed E-state index contributed by atoms with van der Waals surface area (Å²) in [5.41, 5.74) is 7.23. The van der Waals surface area contributed by atoms with Gasteiger partial charge in [-0.05, 0) is 56.2 Å². The Morgan fingerprint density at radius 1 is 0.929 bits per heavy atom. The number of aryl methyl sites for hydroxylation is 2. The van der Waals surface area contributed by atoms with Crippen LogP contribution in [0.2, 0.25) is 0 Å². The van der Waals surface area contributed by atoms with E-state index in [9.17, 15) is 9.59 Å². The van der Waals surface area contributed by atoms with Crippen LogP contribution in [0.5, 0.6) is 11.5 Å². The van der Waals surface area contributed by atoms with Crippen LogP contribution in [0.3, 0.4) is 0 Å². The van der Waals surface area contributed by atoms with Crippen molar-refractivity contribution in [1.82, 2.24) is 10.9 Å². The molecule has 2 aromatic rings. The van der Waals surface area contributed by atoms with Crippen LogP contribution < -0.4 is 20.3 Å². The summed E-state index contributed by atoms with van der Waals surface area (Å²) in [5, 5.41) is 0. The molecule has 6 heteroatoms. The van der Waals surface area contributed by atoms with Crippen LogP contribution in [-0.2, 0) is 4.79 Å². The lowest BCUT2D eigenvalue weighted by atomic mass is 10.1. The lowest BCUT2D eigenvalue weighted by molar-refractivity contribution is -0.123. The number of ether oxygens (including phenoxy) is 2. The minimum Gasteiger partial charge on any atom is -0.494 e. The number of amides is 2. The average Bonchev–Trinajstić information content (AvgIpc) is 2.69. The van der Waals surface area contributed by atoms with Gasteiger partial charge in [0.15, 0.2) is 6.61 Å². The van der Waals surface area contributed by atoms with Gasteiger partial charge in [-0.1, -0.05) is 37.5 Å². The summed E-state index contributed by atoms with van der Waals surface area (Å²) < 4.78 is 11.1. The van der Waals surface area contributed by atoms with E-state index in [0.717, 1.165) is 36.1 Å². The Kier molecular flexibility index (Phi) is 8.34. The van der Waals surface area contributed by atoms with Crippen LogP contribution in [0.1, 0.15) is 47.7 Å². The molecule has 2 aromatic carbocycles. The van der Waals surface area contributed by atoms with Gasteiger partial charge in [-0.2, -0.15) is 0 Å². The highest BCUT2D eigenvalue weighted by Gasteiger charge is 2.09. The Morgan fingerprint density at radius 3 is 2.36 bits per heavy atom. The summed E-state index contributed by atoms with van der Waals surface area (Å²) in [7, 11) is 0. The number of carbonyl (C=O) groups is 2. The zero-order valence-electron chi connectivity index (χ0n) is 16.7. The van der Waals surface area contributed by atoms with Gasteiger partial charge < -0.3 is 9.47 Å². The molecule has 0 aliphatic rings. The highest BCUT2D eigenvalue weighted by Crippen LogP contribution is 2.18. The second-order valence-corrected chi connectivity index (χ2v) is 6.64. The van der Waals surface area contributed by atoms with Gasteiger partial charge in [0.2, 0.25) is 0 Å². The molecule has 0 fully saturated rings. The summed E-state index contributed by atoms with van der Waals surface area (Å²) in [6.07, 6.45) is 3.28. The van der Waals surface area contributed by atoms with E-state index in [1.54, 1.807) is 24.3 Å². The van der Waals surface area contributed by atoms with Crippen molar-refractivity contribution in [3.05, 3.63) is 59.2 Å². The summed E-state index contributed by atoms with van der Waals surface area (Å²) >= 11 is 0. The van der Waals surface area contributed by atoms with Gasteiger partial charge in [0, 0.05) is 5.56 Å². The summed E-state index contributed by atoms with van der Waals surface area (Å²) in [5.74, 6) is 0.516. The topological polar surface area (TPSA) is 76.7 Å². The first-order valence-corrected chi connectivity index (χ1v) is 9.51. The standard InChI is InChI=1S/C22H28N2O4/c1-4-5-6-13-27-19-10-8-18(9-11-19)22(26)24-23-21(25)15-28-20-12-7-16(2)14-17(20)3/h7-12,14H,4-6,13,15H2,1-3H3,(H,23,25)(H,24,26). The zero-order chi connectivity index (χ0) is 20.4. The Hall–Kier alpha value is -3.02.